The molecule has 2 fully saturated rings. The lowest BCUT2D eigenvalue weighted by Gasteiger charge is -2.18. The number of hydrogen-bond donors (Lipinski definition) is 0. The minimum atomic E-state index is -0.156. The van der Waals surface area contributed by atoms with Gasteiger partial charge >= 0.3 is 6.09 Å². The van der Waals surface area contributed by atoms with Crippen molar-refractivity contribution in [2.24, 2.45) is 17.8 Å². The minimum absolute atomic E-state index is 0.156. The number of ether oxygens (including phenoxy) is 1. The van der Waals surface area contributed by atoms with Gasteiger partial charge in [-0.15, -0.1) is 0 Å². The van der Waals surface area contributed by atoms with Crippen LogP contribution in [-0.4, -0.2) is 31.2 Å². The number of cyclic esters (lactones) is 1. The smallest absolute Gasteiger partial charge is 0.409 e. The van der Waals surface area contributed by atoms with E-state index in [1.54, 1.807) is 4.90 Å². The minimum Gasteiger partial charge on any atom is -0.449 e. The first-order chi connectivity index (χ1) is 6.70. The Morgan fingerprint density at radius 1 is 1.36 bits per heavy atom. The van der Waals surface area contributed by atoms with Crippen molar-refractivity contribution in [1.82, 2.24) is 4.90 Å². The summed E-state index contributed by atoms with van der Waals surface area (Å²) in [7, 11) is 1.82. The molecule has 1 amide bonds. The Kier molecular flexibility index (Phi) is 2.66. The number of carbonyl (C=O) groups excluding carboxylic acids is 1. The molecule has 1 heterocycles. The summed E-state index contributed by atoms with van der Waals surface area (Å²) in [5.41, 5.74) is 0. The van der Waals surface area contributed by atoms with Crippen LogP contribution >= 0.6 is 0 Å². The summed E-state index contributed by atoms with van der Waals surface area (Å²) in [4.78, 5) is 13.0. The van der Waals surface area contributed by atoms with E-state index in [1.165, 1.54) is 6.42 Å². The molecule has 0 bridgehead atoms. The second kappa shape index (κ2) is 3.79. The van der Waals surface area contributed by atoms with Gasteiger partial charge in [0.1, 0.15) is 0 Å². The fraction of sp³-hybridized carbons (Fsp3) is 0.909. The summed E-state index contributed by atoms with van der Waals surface area (Å²) in [6.07, 6.45) is 3.31. The third-order valence-electron chi connectivity index (χ3n) is 3.78. The Balaban J connectivity index is 1.88. The van der Waals surface area contributed by atoms with E-state index in [1.807, 2.05) is 7.05 Å². The van der Waals surface area contributed by atoms with Crippen LogP contribution in [0.3, 0.4) is 0 Å². The highest BCUT2D eigenvalue weighted by atomic mass is 16.6. The molecule has 0 aromatic heterocycles. The van der Waals surface area contributed by atoms with Crippen molar-refractivity contribution in [1.29, 1.82) is 0 Å². The molecule has 3 nitrogen and oxygen atoms in total. The monoisotopic (exact) mass is 197 g/mol. The van der Waals surface area contributed by atoms with Gasteiger partial charge in [0.15, 0.2) is 0 Å². The molecule has 3 unspecified atom stereocenters. The molecule has 1 saturated carbocycles. The fourth-order valence-electron chi connectivity index (χ4n) is 2.64. The van der Waals surface area contributed by atoms with Gasteiger partial charge in [0.05, 0.1) is 6.61 Å². The predicted octanol–water partition coefficient (Wildman–Crippen LogP) is 2.12. The molecular formula is C11H19NO2. The molecule has 0 radical (unpaired) electrons. The van der Waals surface area contributed by atoms with Gasteiger partial charge in [-0.3, -0.25) is 0 Å². The van der Waals surface area contributed by atoms with E-state index in [0.717, 1.165) is 37.1 Å². The molecular weight excluding hydrogens is 178 g/mol. The molecule has 1 saturated heterocycles. The maximum atomic E-state index is 11.3. The molecule has 2 aliphatic rings. The SMILES string of the molecule is CC1C2CCCN(C)C(=O)OCCC12. The van der Waals surface area contributed by atoms with Crippen LogP contribution in [0.25, 0.3) is 0 Å². The lowest BCUT2D eigenvalue weighted by Crippen LogP contribution is -2.29. The maximum Gasteiger partial charge on any atom is 0.409 e. The first-order valence-electron chi connectivity index (χ1n) is 5.58. The largest absolute Gasteiger partial charge is 0.449 e. The zero-order valence-corrected chi connectivity index (χ0v) is 9.03. The molecule has 3 atom stereocenters. The molecule has 0 spiro atoms. The predicted molar refractivity (Wildman–Crippen MR) is 54.0 cm³/mol. The highest BCUT2D eigenvalue weighted by molar-refractivity contribution is 5.67. The first-order valence-corrected chi connectivity index (χ1v) is 5.58. The number of hydrogen-bond acceptors (Lipinski definition) is 2. The maximum absolute atomic E-state index is 11.3. The average Bonchev–Trinajstić information content (AvgIpc) is 2.77. The Bertz CT molecular complexity index is 229. The summed E-state index contributed by atoms with van der Waals surface area (Å²) >= 11 is 0. The van der Waals surface area contributed by atoms with Crippen LogP contribution in [0.4, 0.5) is 4.79 Å². The molecule has 80 valence electrons. The normalized spacial score (nSPS) is 38.6. The standard InChI is InChI=1S/C11H19NO2/c1-8-9-4-3-6-12(2)11(13)14-7-5-10(8)9/h8-10H,3-7H2,1-2H3. The lowest BCUT2D eigenvalue weighted by atomic mass is 10.1. The van der Waals surface area contributed by atoms with E-state index in [9.17, 15) is 4.79 Å². The molecule has 2 rings (SSSR count). The third kappa shape index (κ3) is 1.86. The van der Waals surface area contributed by atoms with Gasteiger partial charge in [-0.25, -0.2) is 4.79 Å². The van der Waals surface area contributed by atoms with Gasteiger partial charge < -0.3 is 9.64 Å². The van der Waals surface area contributed by atoms with Crippen molar-refractivity contribution < 1.29 is 9.53 Å². The Morgan fingerprint density at radius 2 is 2.07 bits per heavy atom. The summed E-state index contributed by atoms with van der Waals surface area (Å²) in [6, 6.07) is 0. The molecule has 0 aromatic carbocycles. The topological polar surface area (TPSA) is 29.5 Å². The van der Waals surface area contributed by atoms with Crippen LogP contribution in [0.15, 0.2) is 0 Å². The zero-order valence-electron chi connectivity index (χ0n) is 9.03. The van der Waals surface area contributed by atoms with E-state index < -0.39 is 0 Å². The van der Waals surface area contributed by atoms with Crippen molar-refractivity contribution in [3.8, 4) is 0 Å². The van der Waals surface area contributed by atoms with E-state index >= 15 is 0 Å². The van der Waals surface area contributed by atoms with Crippen LogP contribution in [0.2, 0.25) is 0 Å². The van der Waals surface area contributed by atoms with Gasteiger partial charge in [0, 0.05) is 13.6 Å². The summed E-state index contributed by atoms with van der Waals surface area (Å²) in [5.74, 6) is 2.59. The van der Waals surface area contributed by atoms with Crippen LogP contribution in [-0.2, 0) is 4.74 Å². The third-order valence-corrected chi connectivity index (χ3v) is 3.78. The number of fused-ring (bicyclic) bond motifs is 1. The quantitative estimate of drug-likeness (QED) is 0.595. The number of carbonyl (C=O) groups is 1. The van der Waals surface area contributed by atoms with Gasteiger partial charge in [0.2, 0.25) is 0 Å². The van der Waals surface area contributed by atoms with Crippen LogP contribution < -0.4 is 0 Å². The van der Waals surface area contributed by atoms with Crippen molar-refractivity contribution in [3.63, 3.8) is 0 Å². The first kappa shape index (κ1) is 9.81. The van der Waals surface area contributed by atoms with E-state index in [2.05, 4.69) is 6.92 Å². The molecule has 14 heavy (non-hydrogen) atoms. The zero-order chi connectivity index (χ0) is 10.1. The van der Waals surface area contributed by atoms with Crippen molar-refractivity contribution in [2.75, 3.05) is 20.2 Å². The van der Waals surface area contributed by atoms with Gasteiger partial charge in [-0.1, -0.05) is 6.92 Å². The highest BCUT2D eigenvalue weighted by Crippen LogP contribution is 2.51. The van der Waals surface area contributed by atoms with Crippen LogP contribution in [0.1, 0.15) is 26.2 Å². The number of rotatable bonds is 0. The molecule has 3 heteroatoms. The Labute approximate surface area is 85.4 Å². The summed E-state index contributed by atoms with van der Waals surface area (Å²) in [5, 5.41) is 0. The van der Waals surface area contributed by atoms with Crippen molar-refractivity contribution in [3.05, 3.63) is 0 Å². The number of nitrogens with zero attached hydrogens (tertiary/aromatic N) is 1. The Morgan fingerprint density at radius 3 is 2.86 bits per heavy atom. The lowest BCUT2D eigenvalue weighted by molar-refractivity contribution is 0.105. The summed E-state index contributed by atoms with van der Waals surface area (Å²) in [6.45, 7) is 3.77. The number of amides is 1. The average molecular weight is 197 g/mol. The second-order valence-corrected chi connectivity index (χ2v) is 4.65. The Hall–Kier alpha value is -0.730. The van der Waals surface area contributed by atoms with E-state index in [4.69, 9.17) is 4.74 Å². The molecule has 0 aromatic rings. The van der Waals surface area contributed by atoms with Gasteiger partial charge in [-0.05, 0) is 37.0 Å². The molecule has 0 N–H and O–H groups in total. The molecule has 1 aliphatic heterocycles. The van der Waals surface area contributed by atoms with E-state index in [0.29, 0.717) is 6.61 Å². The fourth-order valence-corrected chi connectivity index (χ4v) is 2.64. The van der Waals surface area contributed by atoms with Gasteiger partial charge in [0.25, 0.3) is 0 Å². The van der Waals surface area contributed by atoms with Crippen molar-refractivity contribution >= 4 is 6.09 Å². The van der Waals surface area contributed by atoms with Gasteiger partial charge in [-0.2, -0.15) is 0 Å². The highest BCUT2D eigenvalue weighted by Gasteiger charge is 2.45. The van der Waals surface area contributed by atoms with Crippen LogP contribution in [0, 0.1) is 17.8 Å². The summed E-state index contributed by atoms with van der Waals surface area (Å²) < 4.78 is 5.16. The van der Waals surface area contributed by atoms with Crippen LogP contribution in [0.5, 0.6) is 0 Å². The molecule has 1 aliphatic carbocycles. The van der Waals surface area contributed by atoms with Crippen molar-refractivity contribution in [2.45, 2.75) is 26.2 Å². The second-order valence-electron chi connectivity index (χ2n) is 4.65. The van der Waals surface area contributed by atoms with E-state index in [-0.39, 0.29) is 6.09 Å².